The number of hydrogen-bond acceptors (Lipinski definition) is 4. The second kappa shape index (κ2) is 6.02. The van der Waals surface area contributed by atoms with Crippen LogP contribution in [0.5, 0.6) is 11.5 Å². The predicted molar refractivity (Wildman–Crippen MR) is 77.9 cm³/mol. The van der Waals surface area contributed by atoms with Crippen LogP contribution in [0.4, 0.5) is 5.69 Å². The first-order valence-corrected chi connectivity index (χ1v) is 6.66. The van der Waals surface area contributed by atoms with Crippen LogP contribution < -0.4 is 4.74 Å². The lowest BCUT2D eigenvalue weighted by Gasteiger charge is -2.13. The number of aliphatic hydroxyl groups excluding tert-OH is 1. The van der Waals surface area contributed by atoms with Gasteiger partial charge in [-0.2, -0.15) is 0 Å². The summed E-state index contributed by atoms with van der Waals surface area (Å²) in [6.07, 6.45) is -0.680. The quantitative estimate of drug-likeness (QED) is 0.670. The summed E-state index contributed by atoms with van der Waals surface area (Å²) in [7, 11) is 0. The van der Waals surface area contributed by atoms with Crippen molar-refractivity contribution < 1.29 is 14.8 Å². The normalized spacial score (nSPS) is 11.9. The Morgan fingerprint density at radius 2 is 1.90 bits per heavy atom. The van der Waals surface area contributed by atoms with Crippen LogP contribution in [0.15, 0.2) is 46.9 Å². The van der Waals surface area contributed by atoms with Crippen molar-refractivity contribution in [2.75, 3.05) is 0 Å². The summed E-state index contributed by atoms with van der Waals surface area (Å²) < 4.78 is 6.49. The molecule has 2 rings (SSSR count). The number of ether oxygens (including phenoxy) is 1. The zero-order valence-electron chi connectivity index (χ0n) is 10.6. The summed E-state index contributed by atoms with van der Waals surface area (Å²) in [5.74, 6) is 0.983. The number of nitro groups is 1. The number of nitro benzene ring substituents is 1. The van der Waals surface area contributed by atoms with E-state index in [0.29, 0.717) is 17.1 Å². The van der Waals surface area contributed by atoms with Crippen LogP contribution in [0.1, 0.15) is 18.6 Å². The van der Waals surface area contributed by atoms with Crippen LogP contribution in [-0.4, -0.2) is 10.0 Å². The Balaban J connectivity index is 2.27. The fraction of sp³-hybridized carbons (Fsp3) is 0.143. The maximum Gasteiger partial charge on any atom is 0.269 e. The van der Waals surface area contributed by atoms with Gasteiger partial charge >= 0.3 is 0 Å². The predicted octanol–water partition coefficient (Wildman–Crippen LogP) is 4.20. The zero-order chi connectivity index (χ0) is 14.7. The minimum atomic E-state index is -0.680. The van der Waals surface area contributed by atoms with Crippen LogP contribution in [-0.2, 0) is 0 Å². The van der Waals surface area contributed by atoms with E-state index >= 15 is 0 Å². The van der Waals surface area contributed by atoms with E-state index in [9.17, 15) is 15.2 Å². The van der Waals surface area contributed by atoms with Crippen LogP contribution in [0.2, 0.25) is 0 Å². The lowest BCUT2D eigenvalue weighted by atomic mass is 10.1. The first-order valence-electron chi connectivity index (χ1n) is 5.87. The van der Waals surface area contributed by atoms with E-state index in [-0.39, 0.29) is 5.69 Å². The molecule has 0 aliphatic rings. The van der Waals surface area contributed by atoms with Crippen molar-refractivity contribution in [2.24, 2.45) is 0 Å². The van der Waals surface area contributed by atoms with E-state index in [4.69, 9.17) is 4.74 Å². The van der Waals surface area contributed by atoms with Gasteiger partial charge in [0.1, 0.15) is 11.5 Å². The number of nitrogens with zero attached hydrogens (tertiary/aromatic N) is 1. The molecule has 0 heterocycles. The lowest BCUT2D eigenvalue weighted by molar-refractivity contribution is -0.384. The summed E-state index contributed by atoms with van der Waals surface area (Å²) in [5.41, 5.74) is 0.640. The number of aliphatic hydroxyl groups is 1. The van der Waals surface area contributed by atoms with E-state index in [2.05, 4.69) is 15.9 Å². The highest BCUT2D eigenvalue weighted by Crippen LogP contribution is 2.32. The van der Waals surface area contributed by atoms with Gasteiger partial charge in [0.2, 0.25) is 0 Å². The minimum Gasteiger partial charge on any atom is -0.457 e. The Bertz CT molecular complexity index is 626. The molecule has 2 aromatic carbocycles. The largest absolute Gasteiger partial charge is 0.457 e. The Hall–Kier alpha value is -1.92. The Kier molecular flexibility index (Phi) is 4.36. The number of halogens is 1. The third-order valence-electron chi connectivity index (χ3n) is 2.70. The van der Waals surface area contributed by atoms with E-state index in [0.717, 1.165) is 4.47 Å². The Labute approximate surface area is 124 Å². The summed E-state index contributed by atoms with van der Waals surface area (Å²) in [5, 5.41) is 20.3. The van der Waals surface area contributed by atoms with Crippen molar-refractivity contribution in [1.29, 1.82) is 0 Å². The van der Waals surface area contributed by atoms with E-state index < -0.39 is 11.0 Å². The van der Waals surface area contributed by atoms with Gasteiger partial charge in [-0.25, -0.2) is 0 Å². The van der Waals surface area contributed by atoms with Gasteiger partial charge in [-0.3, -0.25) is 10.1 Å². The smallest absolute Gasteiger partial charge is 0.269 e. The maximum atomic E-state index is 10.6. The van der Waals surface area contributed by atoms with Crippen molar-refractivity contribution >= 4 is 21.6 Å². The van der Waals surface area contributed by atoms with Crippen molar-refractivity contribution in [3.05, 3.63) is 62.6 Å². The second-order valence-electron chi connectivity index (χ2n) is 4.21. The van der Waals surface area contributed by atoms with Gasteiger partial charge in [0.25, 0.3) is 5.69 Å². The fourth-order valence-corrected chi connectivity index (χ4v) is 2.08. The molecule has 0 fully saturated rings. The monoisotopic (exact) mass is 337 g/mol. The number of hydrogen-bond donors (Lipinski definition) is 1. The molecule has 0 saturated heterocycles. The molecule has 1 atom stereocenters. The fourth-order valence-electron chi connectivity index (χ4n) is 1.70. The molecule has 20 heavy (non-hydrogen) atoms. The van der Waals surface area contributed by atoms with Gasteiger partial charge in [-0.1, -0.05) is 15.9 Å². The molecule has 0 saturated carbocycles. The first-order chi connectivity index (χ1) is 9.47. The van der Waals surface area contributed by atoms with E-state index in [1.54, 1.807) is 25.1 Å². The lowest BCUT2D eigenvalue weighted by Crippen LogP contribution is -1.96. The average molecular weight is 338 g/mol. The molecular weight excluding hydrogens is 326 g/mol. The van der Waals surface area contributed by atoms with Crippen LogP contribution >= 0.6 is 15.9 Å². The summed E-state index contributed by atoms with van der Waals surface area (Å²) in [4.78, 5) is 10.1. The maximum absolute atomic E-state index is 10.6. The molecule has 0 amide bonds. The SMILES string of the molecule is CC(O)c1cc(Br)ccc1Oc1ccc([N+](=O)[O-])cc1. The molecule has 0 spiro atoms. The van der Waals surface area contributed by atoms with Gasteiger partial charge in [0.05, 0.1) is 11.0 Å². The molecule has 0 aliphatic carbocycles. The van der Waals surface area contributed by atoms with Crippen LogP contribution in [0.3, 0.4) is 0 Å². The highest BCUT2D eigenvalue weighted by atomic mass is 79.9. The number of non-ortho nitro benzene ring substituents is 1. The molecule has 0 aromatic heterocycles. The number of benzene rings is 2. The minimum absolute atomic E-state index is 0.00362. The van der Waals surface area contributed by atoms with Crippen molar-refractivity contribution in [3.63, 3.8) is 0 Å². The molecule has 104 valence electrons. The highest BCUT2D eigenvalue weighted by Gasteiger charge is 2.11. The molecule has 0 radical (unpaired) electrons. The van der Waals surface area contributed by atoms with Crippen molar-refractivity contribution in [2.45, 2.75) is 13.0 Å². The van der Waals surface area contributed by atoms with Gasteiger partial charge in [0.15, 0.2) is 0 Å². The molecule has 0 aliphatic heterocycles. The molecule has 5 nitrogen and oxygen atoms in total. The van der Waals surface area contributed by atoms with Crippen LogP contribution in [0, 0.1) is 10.1 Å². The average Bonchev–Trinajstić information content (AvgIpc) is 2.41. The van der Waals surface area contributed by atoms with Crippen molar-refractivity contribution in [3.8, 4) is 11.5 Å². The molecule has 0 bridgehead atoms. The summed E-state index contributed by atoms with van der Waals surface area (Å²) >= 11 is 3.33. The Morgan fingerprint density at radius 3 is 2.45 bits per heavy atom. The van der Waals surface area contributed by atoms with E-state index in [1.165, 1.54) is 24.3 Å². The molecule has 6 heteroatoms. The first kappa shape index (κ1) is 14.5. The standard InChI is InChI=1S/C14H12BrNO4/c1-9(17)13-8-10(15)2-7-14(13)20-12-5-3-11(4-6-12)16(18)19/h2-9,17H,1H3. The molecule has 1 unspecified atom stereocenters. The van der Waals surface area contributed by atoms with Gasteiger partial charge in [-0.15, -0.1) is 0 Å². The van der Waals surface area contributed by atoms with Gasteiger partial charge < -0.3 is 9.84 Å². The zero-order valence-corrected chi connectivity index (χ0v) is 12.2. The highest BCUT2D eigenvalue weighted by molar-refractivity contribution is 9.10. The number of rotatable bonds is 4. The summed E-state index contributed by atoms with van der Waals surface area (Å²) in [6.45, 7) is 1.64. The Morgan fingerprint density at radius 1 is 1.25 bits per heavy atom. The third kappa shape index (κ3) is 3.34. The molecular formula is C14H12BrNO4. The summed E-state index contributed by atoms with van der Waals surface area (Å²) in [6, 6.07) is 11.1. The van der Waals surface area contributed by atoms with Crippen LogP contribution in [0.25, 0.3) is 0 Å². The molecule has 1 N–H and O–H groups in total. The second-order valence-corrected chi connectivity index (χ2v) is 5.13. The topological polar surface area (TPSA) is 72.6 Å². The van der Waals surface area contributed by atoms with Crippen molar-refractivity contribution in [1.82, 2.24) is 0 Å². The molecule has 2 aromatic rings. The van der Waals surface area contributed by atoms with Gasteiger partial charge in [0, 0.05) is 22.2 Å². The van der Waals surface area contributed by atoms with Gasteiger partial charge in [-0.05, 0) is 37.3 Å². The third-order valence-corrected chi connectivity index (χ3v) is 3.19. The van der Waals surface area contributed by atoms with E-state index in [1.807, 2.05) is 0 Å².